The molecule has 1 aliphatic carbocycles. The predicted octanol–water partition coefficient (Wildman–Crippen LogP) is 5.14. The summed E-state index contributed by atoms with van der Waals surface area (Å²) in [6, 6.07) is 12.4. The fourth-order valence-electron chi connectivity index (χ4n) is 3.40. The normalized spacial score (nSPS) is 17.9. The smallest absolute Gasteiger partial charge is 0.174 e. The van der Waals surface area contributed by atoms with Gasteiger partial charge in [0.25, 0.3) is 0 Å². The first-order valence-electron chi connectivity index (χ1n) is 7.38. The van der Waals surface area contributed by atoms with E-state index in [9.17, 15) is 4.79 Å². The zero-order chi connectivity index (χ0) is 14.0. The standard InChI is InChI=1S/C18H20OS/c1-14-12-15(13-20-14)17(19)18(10-6-3-7-11-18)16-8-4-2-5-9-16/h2,4-5,8-9,12-13H,3,6-7,10-11H2,1H3. The number of rotatable bonds is 3. The van der Waals surface area contributed by atoms with Crippen LogP contribution in [0, 0.1) is 6.92 Å². The lowest BCUT2D eigenvalue weighted by Crippen LogP contribution is -2.37. The minimum Gasteiger partial charge on any atom is -0.293 e. The molecule has 0 amide bonds. The maximum Gasteiger partial charge on any atom is 0.174 e. The molecule has 1 saturated carbocycles. The molecule has 1 heterocycles. The lowest BCUT2D eigenvalue weighted by molar-refractivity contribution is 0.0840. The van der Waals surface area contributed by atoms with Gasteiger partial charge in [0.2, 0.25) is 0 Å². The van der Waals surface area contributed by atoms with Gasteiger partial charge in [-0.05, 0) is 31.4 Å². The molecule has 0 radical (unpaired) electrons. The van der Waals surface area contributed by atoms with Crippen molar-refractivity contribution < 1.29 is 4.79 Å². The minimum atomic E-state index is -0.285. The van der Waals surface area contributed by atoms with E-state index in [-0.39, 0.29) is 5.41 Å². The maximum atomic E-state index is 13.1. The van der Waals surface area contributed by atoms with Crippen LogP contribution in [0.3, 0.4) is 0 Å². The molecule has 1 aromatic heterocycles. The summed E-state index contributed by atoms with van der Waals surface area (Å²) in [4.78, 5) is 14.4. The summed E-state index contributed by atoms with van der Waals surface area (Å²) in [6.07, 6.45) is 5.55. The highest BCUT2D eigenvalue weighted by Crippen LogP contribution is 2.42. The lowest BCUT2D eigenvalue weighted by atomic mass is 9.65. The van der Waals surface area contributed by atoms with E-state index in [0.717, 1.165) is 31.2 Å². The van der Waals surface area contributed by atoms with Gasteiger partial charge in [0.05, 0.1) is 5.41 Å². The van der Waals surface area contributed by atoms with Gasteiger partial charge in [0.1, 0.15) is 0 Å². The van der Waals surface area contributed by atoms with Gasteiger partial charge >= 0.3 is 0 Å². The molecule has 0 unspecified atom stereocenters. The van der Waals surface area contributed by atoms with E-state index in [1.54, 1.807) is 11.3 Å². The molecule has 0 bridgehead atoms. The molecule has 1 aromatic carbocycles. The Balaban J connectivity index is 2.04. The fourth-order valence-corrected chi connectivity index (χ4v) is 4.08. The lowest BCUT2D eigenvalue weighted by Gasteiger charge is -2.36. The highest BCUT2D eigenvalue weighted by Gasteiger charge is 2.41. The van der Waals surface area contributed by atoms with Gasteiger partial charge in [-0.25, -0.2) is 0 Å². The van der Waals surface area contributed by atoms with Crippen LogP contribution in [-0.4, -0.2) is 5.78 Å². The van der Waals surface area contributed by atoms with Gasteiger partial charge in [0, 0.05) is 15.8 Å². The summed E-state index contributed by atoms with van der Waals surface area (Å²) < 4.78 is 0. The molecular formula is C18H20OS. The Labute approximate surface area is 124 Å². The van der Waals surface area contributed by atoms with Crippen LogP contribution in [0.2, 0.25) is 0 Å². The highest BCUT2D eigenvalue weighted by atomic mass is 32.1. The molecule has 0 atom stereocenters. The number of hydrogen-bond acceptors (Lipinski definition) is 2. The third-order valence-electron chi connectivity index (χ3n) is 4.46. The van der Waals surface area contributed by atoms with Crippen molar-refractivity contribution in [2.24, 2.45) is 0 Å². The zero-order valence-corrected chi connectivity index (χ0v) is 12.7. The predicted molar refractivity (Wildman–Crippen MR) is 84.6 cm³/mol. The van der Waals surface area contributed by atoms with E-state index in [1.807, 2.05) is 17.5 Å². The van der Waals surface area contributed by atoms with Gasteiger partial charge < -0.3 is 0 Å². The van der Waals surface area contributed by atoms with Gasteiger partial charge in [-0.1, -0.05) is 49.6 Å². The highest BCUT2D eigenvalue weighted by molar-refractivity contribution is 7.10. The number of aryl methyl sites for hydroxylation is 1. The van der Waals surface area contributed by atoms with Crippen LogP contribution < -0.4 is 0 Å². The van der Waals surface area contributed by atoms with Crippen LogP contribution >= 0.6 is 11.3 Å². The summed E-state index contributed by atoms with van der Waals surface area (Å²) in [5.74, 6) is 0.327. The van der Waals surface area contributed by atoms with Crippen molar-refractivity contribution in [2.45, 2.75) is 44.4 Å². The van der Waals surface area contributed by atoms with Crippen molar-refractivity contribution in [1.82, 2.24) is 0 Å². The number of benzene rings is 1. The van der Waals surface area contributed by atoms with E-state index in [1.165, 1.54) is 16.9 Å². The average molecular weight is 284 g/mol. The van der Waals surface area contributed by atoms with Gasteiger partial charge in [0.15, 0.2) is 5.78 Å². The molecule has 20 heavy (non-hydrogen) atoms. The number of carbonyl (C=O) groups is 1. The van der Waals surface area contributed by atoms with Crippen molar-refractivity contribution >= 4 is 17.1 Å². The first-order valence-corrected chi connectivity index (χ1v) is 8.26. The molecule has 2 aromatic rings. The quantitative estimate of drug-likeness (QED) is 0.713. The summed E-state index contributed by atoms with van der Waals surface area (Å²) in [7, 11) is 0. The molecule has 0 saturated heterocycles. The van der Waals surface area contributed by atoms with Crippen LogP contribution in [-0.2, 0) is 5.41 Å². The molecule has 0 spiro atoms. The van der Waals surface area contributed by atoms with E-state index >= 15 is 0 Å². The molecule has 104 valence electrons. The summed E-state index contributed by atoms with van der Waals surface area (Å²) in [5, 5.41) is 2.02. The van der Waals surface area contributed by atoms with Crippen molar-refractivity contribution in [3.05, 3.63) is 57.8 Å². The van der Waals surface area contributed by atoms with Crippen LogP contribution in [0.25, 0.3) is 0 Å². The van der Waals surface area contributed by atoms with E-state index in [4.69, 9.17) is 0 Å². The molecule has 0 aliphatic heterocycles. The van der Waals surface area contributed by atoms with E-state index in [0.29, 0.717) is 5.78 Å². The van der Waals surface area contributed by atoms with E-state index in [2.05, 4.69) is 31.2 Å². The number of ketones is 1. The third kappa shape index (κ3) is 2.33. The Morgan fingerprint density at radius 2 is 1.80 bits per heavy atom. The second-order valence-electron chi connectivity index (χ2n) is 5.78. The van der Waals surface area contributed by atoms with Gasteiger partial charge in [-0.3, -0.25) is 4.79 Å². The van der Waals surface area contributed by atoms with Crippen molar-refractivity contribution in [2.75, 3.05) is 0 Å². The Morgan fingerprint density at radius 3 is 2.40 bits per heavy atom. The van der Waals surface area contributed by atoms with Crippen LogP contribution in [0.4, 0.5) is 0 Å². The monoisotopic (exact) mass is 284 g/mol. The SMILES string of the molecule is Cc1cc(C(=O)C2(c3ccccc3)CCCCC2)cs1. The van der Waals surface area contributed by atoms with Crippen LogP contribution in [0.15, 0.2) is 41.8 Å². The first kappa shape index (κ1) is 13.6. The number of Topliss-reactive ketones (excluding diaryl/α,β-unsaturated/α-hetero) is 1. The topological polar surface area (TPSA) is 17.1 Å². The largest absolute Gasteiger partial charge is 0.293 e. The number of hydrogen-bond donors (Lipinski definition) is 0. The summed E-state index contributed by atoms with van der Waals surface area (Å²) in [6.45, 7) is 2.07. The Kier molecular flexibility index (Phi) is 3.75. The molecule has 1 fully saturated rings. The Hall–Kier alpha value is -1.41. The summed E-state index contributed by atoms with van der Waals surface area (Å²) >= 11 is 1.67. The third-order valence-corrected chi connectivity index (χ3v) is 5.32. The maximum absolute atomic E-state index is 13.1. The van der Waals surface area contributed by atoms with Crippen molar-refractivity contribution in [3.8, 4) is 0 Å². The Bertz CT molecular complexity index is 591. The van der Waals surface area contributed by atoms with Crippen LogP contribution in [0.5, 0.6) is 0 Å². The van der Waals surface area contributed by atoms with Crippen molar-refractivity contribution in [1.29, 1.82) is 0 Å². The van der Waals surface area contributed by atoms with Gasteiger partial charge in [-0.2, -0.15) is 0 Å². The average Bonchev–Trinajstić information content (AvgIpc) is 2.94. The molecule has 1 aliphatic rings. The van der Waals surface area contributed by atoms with Gasteiger partial charge in [-0.15, -0.1) is 11.3 Å². The number of carbonyl (C=O) groups excluding carboxylic acids is 1. The second kappa shape index (κ2) is 5.53. The van der Waals surface area contributed by atoms with E-state index < -0.39 is 0 Å². The van der Waals surface area contributed by atoms with Crippen LogP contribution in [0.1, 0.15) is 52.9 Å². The molecular weight excluding hydrogens is 264 g/mol. The fraction of sp³-hybridized carbons (Fsp3) is 0.389. The van der Waals surface area contributed by atoms with Crippen molar-refractivity contribution in [3.63, 3.8) is 0 Å². The number of thiophene rings is 1. The second-order valence-corrected chi connectivity index (χ2v) is 6.90. The minimum absolute atomic E-state index is 0.285. The molecule has 1 nitrogen and oxygen atoms in total. The molecule has 2 heteroatoms. The molecule has 3 rings (SSSR count). The Morgan fingerprint density at radius 1 is 1.10 bits per heavy atom. The molecule has 0 N–H and O–H groups in total. The summed E-state index contributed by atoms with van der Waals surface area (Å²) in [5.41, 5.74) is 1.82. The zero-order valence-electron chi connectivity index (χ0n) is 11.9. The first-order chi connectivity index (χ1) is 9.72.